The summed E-state index contributed by atoms with van der Waals surface area (Å²) in [5.74, 6) is -3.83. The van der Waals surface area contributed by atoms with Crippen molar-refractivity contribution in [3.8, 4) is 0 Å². The van der Waals surface area contributed by atoms with Crippen molar-refractivity contribution in [1.29, 1.82) is 0 Å². The zero-order valence-corrected chi connectivity index (χ0v) is 51.1. The second kappa shape index (κ2) is 24.0. The summed E-state index contributed by atoms with van der Waals surface area (Å²) in [4.78, 5) is 83.1. The Morgan fingerprint density at radius 1 is 0.356 bits per heavy atom. The average molecular weight is 1180 g/mol. The van der Waals surface area contributed by atoms with Gasteiger partial charge in [0.05, 0.1) is 70.0 Å². The van der Waals surface area contributed by atoms with Crippen LogP contribution in [-0.4, -0.2) is 94.4 Å². The van der Waals surface area contributed by atoms with Crippen molar-refractivity contribution in [2.24, 2.45) is 0 Å². The van der Waals surface area contributed by atoms with Crippen LogP contribution in [0, 0.1) is 27.7 Å². The monoisotopic (exact) mass is 1180 g/mol. The highest BCUT2D eigenvalue weighted by Gasteiger charge is 2.28. The molecule has 452 valence electrons. The highest BCUT2D eigenvalue weighted by molar-refractivity contribution is 5.99. The first-order chi connectivity index (χ1) is 41.2. The van der Waals surface area contributed by atoms with E-state index in [9.17, 15) is 49.8 Å². The lowest BCUT2D eigenvalue weighted by atomic mass is 9.98. The molecular weight excluding hydrogens is 1100 g/mol. The van der Waals surface area contributed by atoms with Gasteiger partial charge in [-0.25, -0.2) is 19.9 Å². The van der Waals surface area contributed by atoms with Crippen molar-refractivity contribution in [3.05, 3.63) is 139 Å². The Morgan fingerprint density at radius 2 is 0.586 bits per heavy atom. The van der Waals surface area contributed by atoms with E-state index in [-0.39, 0.29) is 51.4 Å². The van der Waals surface area contributed by atoms with E-state index in [0.29, 0.717) is 67.7 Å². The topological polar surface area (TPSA) is 314 Å². The molecule has 0 saturated carbocycles. The summed E-state index contributed by atoms with van der Waals surface area (Å²) in [6.45, 7) is 23.0. The van der Waals surface area contributed by atoms with Crippen LogP contribution < -0.4 is 0 Å². The molecule has 0 radical (unpaired) electrons. The number of hydrogen-bond donors (Lipinski definition) is 10. The molecule has 0 aromatic carbocycles. The van der Waals surface area contributed by atoms with Gasteiger partial charge in [-0.3, -0.25) is 19.2 Å². The van der Waals surface area contributed by atoms with E-state index >= 15 is 0 Å². The van der Waals surface area contributed by atoms with Gasteiger partial charge in [-0.05, 0) is 224 Å². The van der Waals surface area contributed by atoms with E-state index in [2.05, 4.69) is 19.9 Å². The maximum Gasteiger partial charge on any atom is 0.303 e. The van der Waals surface area contributed by atoms with Gasteiger partial charge in [0.15, 0.2) is 0 Å². The molecule has 10 rings (SSSR count). The number of aliphatic carboxylic acids is 4. The molecule has 10 heterocycles. The second-order valence-corrected chi connectivity index (χ2v) is 23.4. The lowest BCUT2D eigenvalue weighted by Crippen LogP contribution is -2.06. The number of aliphatic hydroxyl groups excluding tert-OH is 2. The van der Waals surface area contributed by atoms with Crippen LogP contribution in [0.2, 0.25) is 0 Å². The highest BCUT2D eigenvalue weighted by atomic mass is 16.5. The molecule has 0 aliphatic carbocycles. The van der Waals surface area contributed by atoms with Gasteiger partial charge in [-0.1, -0.05) is 0 Å². The number of rotatable bonds is 18. The Kier molecular flexibility index (Phi) is 16.9. The number of aromatic nitrogens is 8. The lowest BCUT2D eigenvalue weighted by Gasteiger charge is -2.20. The van der Waals surface area contributed by atoms with Crippen molar-refractivity contribution in [3.63, 3.8) is 0 Å². The van der Waals surface area contributed by atoms with Gasteiger partial charge >= 0.3 is 23.9 Å². The quantitative estimate of drug-likeness (QED) is 0.0382. The molecule has 4 aliphatic rings. The first-order valence-corrected chi connectivity index (χ1v) is 29.4. The molecule has 0 amide bonds. The molecule has 4 atom stereocenters. The van der Waals surface area contributed by atoms with E-state index in [1.807, 2.05) is 118 Å². The van der Waals surface area contributed by atoms with Crippen molar-refractivity contribution < 1.29 is 54.6 Å². The van der Waals surface area contributed by atoms with Crippen LogP contribution in [0.1, 0.15) is 221 Å². The Labute approximate surface area is 502 Å². The number of carbonyl (C=O) groups is 4. The number of allylic oxidation sites excluding steroid dienone is 8. The fourth-order valence-electron chi connectivity index (χ4n) is 13.0. The highest BCUT2D eigenvalue weighted by Crippen LogP contribution is 2.43. The molecule has 4 unspecified atom stereocenters. The minimum absolute atomic E-state index is 0.131. The number of hydrogen-bond acceptors (Lipinski definition) is 11. The number of carboxylic acid groups (broad SMARTS) is 4. The van der Waals surface area contributed by atoms with Gasteiger partial charge in [0.1, 0.15) is 0 Å². The number of fused-ring (bicyclic) bond motifs is 16. The number of aryl methyl sites for hydroxylation is 4. The molecule has 4 aliphatic heterocycles. The van der Waals surface area contributed by atoms with Crippen LogP contribution in [0.3, 0.4) is 0 Å². The van der Waals surface area contributed by atoms with Crippen molar-refractivity contribution in [1.82, 2.24) is 39.9 Å². The number of carboxylic acids is 4. The number of nitrogens with zero attached hydrogens (tertiary/aromatic N) is 4. The Morgan fingerprint density at radius 3 is 0.839 bits per heavy atom. The fourth-order valence-corrected chi connectivity index (χ4v) is 13.0. The van der Waals surface area contributed by atoms with E-state index in [0.717, 1.165) is 111 Å². The Balaban J connectivity index is 1.19. The SMILES string of the molecule is CC1=C(CCC(=O)O)c2cc3nc(cc4[nH]c(cc5[nH]c(cc1n2)c(C)c5C(C)OC(C)c1c(C)c2cc5nc(cc6nc(cc7[nH]c(cc1[nH]2)c(C)c7C(C)O)C(C)=C6CCC(=O)O)C(CCC(=O)O)=C5C)c(C)c4C(C)O)C(C)=C3CCC(=O)O. The third kappa shape index (κ3) is 11.9. The second-order valence-electron chi connectivity index (χ2n) is 23.4. The summed E-state index contributed by atoms with van der Waals surface area (Å²) in [5, 5.41) is 62.1. The Hall–Kier alpha value is -9.04. The van der Waals surface area contributed by atoms with Gasteiger partial charge in [-0.15, -0.1) is 0 Å². The van der Waals surface area contributed by atoms with Crippen LogP contribution in [0.25, 0.3) is 88.7 Å². The smallest absolute Gasteiger partial charge is 0.303 e. The zero-order chi connectivity index (χ0) is 62.8. The Bertz CT molecular complexity index is 4140. The summed E-state index contributed by atoms with van der Waals surface area (Å²) < 4.78 is 7.28. The summed E-state index contributed by atoms with van der Waals surface area (Å²) >= 11 is 0. The van der Waals surface area contributed by atoms with E-state index < -0.39 is 48.3 Å². The first kappa shape index (κ1) is 61.1. The number of aromatic amines is 4. The maximum atomic E-state index is 12.1. The van der Waals surface area contributed by atoms with Crippen LogP contribution in [0.15, 0.2) is 48.5 Å². The number of nitrogens with one attached hydrogen (secondary N) is 4. The summed E-state index contributed by atoms with van der Waals surface area (Å²) in [7, 11) is 0. The van der Waals surface area contributed by atoms with Crippen LogP contribution in [0.4, 0.5) is 0 Å². The molecule has 0 saturated heterocycles. The normalized spacial score (nSPS) is 15.0. The standard InChI is InChI=1S/C68H74N8O11/c1-29-41(13-17-61(79)80)53-27-55-43(15-19-63(83)84)31(3)47(71-55)23-57-65(37(9)77)33(5)51(73-57)25-59-67(35(7)49(75-59)21-45(29)69-53)39(11)87-40(12)68-36(8)50-22-46-30(2)42(14-18-62(81)82)54(70-46)28-56-44(16-20-64(85)86)32(4)48(72-56)24-58-66(38(10)78)34(6)52(74-58)26-60(68)76-50/h21-28,37-40,73-78H,13-20H2,1-12H3,(H,79,80)(H,81,82)(H,83,84)(H,85,86). The molecule has 19 heteroatoms. The maximum absolute atomic E-state index is 12.1. The molecule has 87 heavy (non-hydrogen) atoms. The van der Waals surface area contributed by atoms with E-state index in [1.165, 1.54) is 0 Å². The molecule has 10 N–H and O–H groups in total. The van der Waals surface area contributed by atoms with Gasteiger partial charge in [0.2, 0.25) is 0 Å². The largest absolute Gasteiger partial charge is 0.481 e. The molecular formula is C68H74N8O11. The third-order valence-corrected chi connectivity index (χ3v) is 17.7. The van der Waals surface area contributed by atoms with Crippen molar-refractivity contribution >= 4 is 113 Å². The van der Waals surface area contributed by atoms with Gasteiger partial charge in [0.25, 0.3) is 0 Å². The molecule has 6 aromatic heterocycles. The van der Waals surface area contributed by atoms with Gasteiger partial charge in [-0.2, -0.15) is 0 Å². The van der Waals surface area contributed by atoms with Crippen LogP contribution in [0.5, 0.6) is 0 Å². The van der Waals surface area contributed by atoms with Gasteiger partial charge in [0, 0.05) is 92.1 Å². The summed E-state index contributed by atoms with van der Waals surface area (Å²) in [6.07, 6.45) is -2.70. The first-order valence-electron chi connectivity index (χ1n) is 29.4. The van der Waals surface area contributed by atoms with Gasteiger partial charge < -0.3 is 55.3 Å². The van der Waals surface area contributed by atoms with E-state index in [4.69, 9.17) is 24.7 Å². The molecule has 6 aromatic rings. The molecule has 0 spiro atoms. The zero-order valence-electron chi connectivity index (χ0n) is 51.1. The minimum atomic E-state index is -0.959. The third-order valence-electron chi connectivity index (χ3n) is 17.7. The number of H-pyrrole nitrogens is 4. The number of ether oxygens (including phenoxy) is 1. The predicted octanol–water partition coefficient (Wildman–Crippen LogP) is 14.3. The van der Waals surface area contributed by atoms with Crippen LogP contribution in [-0.2, 0) is 23.9 Å². The lowest BCUT2D eigenvalue weighted by molar-refractivity contribution is -0.137. The van der Waals surface area contributed by atoms with Crippen molar-refractivity contribution in [2.75, 3.05) is 0 Å². The average Bonchev–Trinajstić information content (AvgIpc) is 2.04. The molecule has 19 nitrogen and oxygen atoms in total. The van der Waals surface area contributed by atoms with E-state index in [1.54, 1.807) is 13.8 Å². The molecule has 16 bridgehead atoms. The fraction of sp³-hybridized carbons (Fsp3) is 0.353. The summed E-state index contributed by atoms with van der Waals surface area (Å²) in [6, 6.07) is 15.3. The predicted molar refractivity (Wildman–Crippen MR) is 338 cm³/mol. The number of aliphatic hydroxyl groups is 2. The molecule has 0 fully saturated rings. The minimum Gasteiger partial charge on any atom is -0.481 e. The van der Waals surface area contributed by atoms with Crippen LogP contribution >= 0.6 is 0 Å². The van der Waals surface area contributed by atoms with Crippen molar-refractivity contribution in [2.45, 2.75) is 159 Å². The summed E-state index contributed by atoms with van der Waals surface area (Å²) in [5.41, 5.74) is 22.6.